The molecule has 0 bridgehead atoms. The summed E-state index contributed by atoms with van der Waals surface area (Å²) in [6.45, 7) is 14.7. The zero-order valence-corrected chi connectivity index (χ0v) is 15.9. The van der Waals surface area contributed by atoms with Crippen molar-refractivity contribution < 1.29 is 14.3 Å². The van der Waals surface area contributed by atoms with Gasteiger partial charge in [-0.3, -0.25) is 4.79 Å². The van der Waals surface area contributed by atoms with Crippen molar-refractivity contribution in [2.75, 3.05) is 13.1 Å². The number of benzene rings is 1. The Hall–Kier alpha value is -1.84. The Morgan fingerprint density at radius 2 is 1.50 bits per heavy atom. The van der Waals surface area contributed by atoms with Crippen molar-refractivity contribution in [2.24, 2.45) is 5.41 Å². The average molecular weight is 331 g/mol. The predicted octanol–water partition coefficient (Wildman–Crippen LogP) is 4.42. The standard InChI is InChI=1S/C20H29NO3/c1-18(2,3)15-10-8-14(9-11-15)16(22)20(7)12-21(13-20)17(23)24-19(4,5)6/h8-11H,12-13H2,1-7H3. The van der Waals surface area contributed by atoms with E-state index in [0.717, 1.165) is 0 Å². The Labute approximate surface area is 145 Å². The minimum atomic E-state index is -0.528. The van der Waals surface area contributed by atoms with Crippen LogP contribution in [0.25, 0.3) is 0 Å². The smallest absolute Gasteiger partial charge is 0.410 e. The number of hydrogen-bond donors (Lipinski definition) is 0. The van der Waals surface area contributed by atoms with Crippen molar-refractivity contribution in [3.05, 3.63) is 35.4 Å². The molecule has 1 saturated heterocycles. The van der Waals surface area contributed by atoms with Crippen LogP contribution in [0.4, 0.5) is 4.79 Å². The molecular weight excluding hydrogens is 302 g/mol. The Kier molecular flexibility index (Phi) is 4.55. The summed E-state index contributed by atoms with van der Waals surface area (Å²) in [6.07, 6.45) is -0.351. The molecule has 1 aliphatic heterocycles. The third-order valence-electron chi connectivity index (χ3n) is 4.29. The molecule has 4 nitrogen and oxygen atoms in total. The van der Waals surface area contributed by atoms with Crippen LogP contribution in [0.1, 0.15) is 64.4 Å². The number of likely N-dealkylation sites (tertiary alicyclic amines) is 1. The number of rotatable bonds is 2. The molecule has 1 aromatic carbocycles. The molecule has 0 saturated carbocycles. The number of ether oxygens (including phenoxy) is 1. The Balaban J connectivity index is 2.03. The van der Waals surface area contributed by atoms with Gasteiger partial charge < -0.3 is 9.64 Å². The van der Waals surface area contributed by atoms with Gasteiger partial charge in [-0.2, -0.15) is 0 Å². The van der Waals surface area contributed by atoms with Crippen molar-refractivity contribution in [3.63, 3.8) is 0 Å². The fraction of sp³-hybridized carbons (Fsp3) is 0.600. The van der Waals surface area contributed by atoms with E-state index < -0.39 is 11.0 Å². The SMILES string of the molecule is CC(C)(C)OC(=O)N1CC(C)(C(=O)c2ccc(C(C)(C)C)cc2)C1. The van der Waals surface area contributed by atoms with Gasteiger partial charge in [0, 0.05) is 18.7 Å². The van der Waals surface area contributed by atoms with Gasteiger partial charge in [-0.25, -0.2) is 4.79 Å². The monoisotopic (exact) mass is 331 g/mol. The van der Waals surface area contributed by atoms with E-state index in [4.69, 9.17) is 4.74 Å². The van der Waals surface area contributed by atoms with Crippen LogP contribution >= 0.6 is 0 Å². The van der Waals surface area contributed by atoms with Gasteiger partial charge in [0.1, 0.15) is 5.60 Å². The Morgan fingerprint density at radius 1 is 1.00 bits per heavy atom. The van der Waals surface area contributed by atoms with Gasteiger partial charge in [-0.15, -0.1) is 0 Å². The lowest BCUT2D eigenvalue weighted by atomic mass is 9.75. The van der Waals surface area contributed by atoms with Crippen molar-refractivity contribution in [3.8, 4) is 0 Å². The molecule has 1 heterocycles. The molecule has 132 valence electrons. The highest BCUT2D eigenvalue weighted by Gasteiger charge is 2.48. The highest BCUT2D eigenvalue weighted by atomic mass is 16.6. The molecule has 1 aromatic rings. The van der Waals surface area contributed by atoms with Gasteiger partial charge in [0.2, 0.25) is 0 Å². The molecule has 0 aliphatic carbocycles. The van der Waals surface area contributed by atoms with Gasteiger partial charge >= 0.3 is 6.09 Å². The second-order valence-electron chi connectivity index (χ2n) is 9.05. The summed E-state index contributed by atoms with van der Waals surface area (Å²) in [5.74, 6) is 0.0859. The summed E-state index contributed by atoms with van der Waals surface area (Å²) in [7, 11) is 0. The molecule has 24 heavy (non-hydrogen) atoms. The van der Waals surface area contributed by atoms with Gasteiger partial charge in [-0.1, -0.05) is 45.0 Å². The van der Waals surface area contributed by atoms with Crippen LogP contribution in [-0.4, -0.2) is 35.5 Å². The van der Waals surface area contributed by atoms with E-state index in [1.807, 2.05) is 52.0 Å². The first-order valence-corrected chi connectivity index (χ1v) is 8.45. The van der Waals surface area contributed by atoms with Crippen molar-refractivity contribution in [1.29, 1.82) is 0 Å². The highest BCUT2D eigenvalue weighted by Crippen LogP contribution is 2.35. The molecule has 0 N–H and O–H groups in total. The zero-order valence-electron chi connectivity index (χ0n) is 15.9. The lowest BCUT2D eigenvalue weighted by Crippen LogP contribution is -2.61. The topological polar surface area (TPSA) is 46.6 Å². The molecule has 4 heteroatoms. The Morgan fingerprint density at radius 3 is 1.92 bits per heavy atom. The molecule has 1 amide bonds. The fourth-order valence-corrected chi connectivity index (χ4v) is 2.87. The minimum absolute atomic E-state index is 0.0649. The van der Waals surface area contributed by atoms with E-state index in [9.17, 15) is 9.59 Å². The first-order valence-electron chi connectivity index (χ1n) is 8.45. The maximum atomic E-state index is 12.8. The number of Topliss-reactive ketones (excluding diaryl/α,β-unsaturated/α-hetero) is 1. The van der Waals surface area contributed by atoms with Crippen LogP contribution in [0.3, 0.4) is 0 Å². The molecule has 1 aliphatic rings. The quantitative estimate of drug-likeness (QED) is 0.754. The minimum Gasteiger partial charge on any atom is -0.444 e. The number of amides is 1. The van der Waals surface area contributed by atoms with Crippen LogP contribution in [-0.2, 0) is 10.2 Å². The van der Waals surface area contributed by atoms with Crippen molar-refractivity contribution in [2.45, 2.75) is 59.5 Å². The molecule has 0 unspecified atom stereocenters. The maximum absolute atomic E-state index is 12.8. The molecule has 0 spiro atoms. The largest absolute Gasteiger partial charge is 0.444 e. The molecule has 0 atom stereocenters. The highest BCUT2D eigenvalue weighted by molar-refractivity contribution is 6.02. The number of ketones is 1. The van der Waals surface area contributed by atoms with E-state index in [0.29, 0.717) is 18.7 Å². The van der Waals surface area contributed by atoms with Crippen LogP contribution in [0, 0.1) is 5.41 Å². The molecular formula is C20H29NO3. The summed E-state index contributed by atoms with van der Waals surface area (Å²) in [6, 6.07) is 7.82. The second kappa shape index (κ2) is 5.91. The van der Waals surface area contributed by atoms with Gasteiger partial charge in [0.15, 0.2) is 5.78 Å². The molecule has 1 fully saturated rings. The summed E-state index contributed by atoms with van der Waals surface area (Å²) in [5.41, 5.74) is 0.924. The lowest BCUT2D eigenvalue weighted by Gasteiger charge is -2.46. The summed E-state index contributed by atoms with van der Waals surface area (Å²) in [5, 5.41) is 0. The number of nitrogens with zero attached hydrogens (tertiary/aromatic N) is 1. The van der Waals surface area contributed by atoms with E-state index in [1.165, 1.54) is 5.56 Å². The van der Waals surface area contributed by atoms with Crippen LogP contribution in [0.2, 0.25) is 0 Å². The third kappa shape index (κ3) is 3.97. The van der Waals surface area contributed by atoms with Crippen LogP contribution in [0.15, 0.2) is 24.3 Å². The van der Waals surface area contributed by atoms with Crippen molar-refractivity contribution >= 4 is 11.9 Å². The average Bonchev–Trinajstić information content (AvgIpc) is 2.40. The van der Waals surface area contributed by atoms with Gasteiger partial charge in [0.05, 0.1) is 5.41 Å². The van der Waals surface area contributed by atoms with Crippen LogP contribution < -0.4 is 0 Å². The summed E-state index contributed by atoms with van der Waals surface area (Å²) < 4.78 is 5.35. The first-order chi connectivity index (χ1) is 10.8. The van der Waals surface area contributed by atoms with E-state index >= 15 is 0 Å². The Bertz CT molecular complexity index is 626. The maximum Gasteiger partial charge on any atom is 0.410 e. The number of carbonyl (C=O) groups excluding carboxylic acids is 2. The third-order valence-corrected chi connectivity index (χ3v) is 4.29. The van der Waals surface area contributed by atoms with Gasteiger partial charge in [0.25, 0.3) is 0 Å². The molecule has 0 radical (unpaired) electrons. The number of carbonyl (C=O) groups is 2. The number of hydrogen-bond acceptors (Lipinski definition) is 3. The summed E-state index contributed by atoms with van der Waals surface area (Å²) in [4.78, 5) is 26.4. The van der Waals surface area contributed by atoms with E-state index in [-0.39, 0.29) is 17.3 Å². The molecule has 2 rings (SSSR count). The second-order valence-corrected chi connectivity index (χ2v) is 9.05. The van der Waals surface area contributed by atoms with Gasteiger partial charge in [-0.05, 0) is 38.7 Å². The van der Waals surface area contributed by atoms with E-state index in [2.05, 4.69) is 20.8 Å². The molecule has 0 aromatic heterocycles. The summed E-state index contributed by atoms with van der Waals surface area (Å²) >= 11 is 0. The van der Waals surface area contributed by atoms with E-state index in [1.54, 1.807) is 4.90 Å². The predicted molar refractivity (Wildman–Crippen MR) is 95.4 cm³/mol. The zero-order chi connectivity index (χ0) is 18.3. The van der Waals surface area contributed by atoms with Crippen molar-refractivity contribution in [1.82, 2.24) is 4.90 Å². The first kappa shape index (κ1) is 18.5. The normalized spacial score (nSPS) is 17.2. The van der Waals surface area contributed by atoms with Crippen LogP contribution in [0.5, 0.6) is 0 Å². The fourth-order valence-electron chi connectivity index (χ4n) is 2.87. The lowest BCUT2D eigenvalue weighted by molar-refractivity contribution is -0.0197.